The minimum atomic E-state index is -3.70. The average molecular weight is 404 g/mol. The van der Waals surface area contributed by atoms with E-state index in [0.717, 1.165) is 11.8 Å². The molecule has 2 atom stereocenters. The lowest BCUT2D eigenvalue weighted by Crippen LogP contribution is -2.40. The van der Waals surface area contributed by atoms with Gasteiger partial charge in [0.05, 0.1) is 6.26 Å². The van der Waals surface area contributed by atoms with E-state index in [9.17, 15) is 22.4 Å². The zero-order valence-electron chi connectivity index (χ0n) is 15.3. The summed E-state index contributed by atoms with van der Waals surface area (Å²) in [4.78, 5) is 26.5. The molecule has 1 aliphatic rings. The van der Waals surface area contributed by atoms with E-state index in [1.54, 1.807) is 12.1 Å². The summed E-state index contributed by atoms with van der Waals surface area (Å²) in [6, 6.07) is 14.7. The number of benzene rings is 2. The molecule has 2 aromatic rings. The van der Waals surface area contributed by atoms with Crippen LogP contribution in [-0.2, 0) is 26.2 Å². The molecule has 148 valence electrons. The first kappa shape index (κ1) is 20.0. The van der Waals surface area contributed by atoms with Crippen LogP contribution in [0.25, 0.3) is 0 Å². The van der Waals surface area contributed by atoms with Gasteiger partial charge in [0.1, 0.15) is 5.82 Å². The van der Waals surface area contributed by atoms with Crippen molar-refractivity contribution in [3.8, 4) is 0 Å². The van der Waals surface area contributed by atoms with Gasteiger partial charge in [-0.15, -0.1) is 0 Å². The van der Waals surface area contributed by atoms with Crippen molar-refractivity contribution < 1.29 is 22.4 Å². The van der Waals surface area contributed by atoms with Crippen LogP contribution in [0.3, 0.4) is 0 Å². The highest BCUT2D eigenvalue weighted by Gasteiger charge is 2.41. The Morgan fingerprint density at radius 2 is 1.89 bits per heavy atom. The third kappa shape index (κ3) is 4.95. The van der Waals surface area contributed by atoms with Gasteiger partial charge in [-0.05, 0) is 23.3 Å². The van der Waals surface area contributed by atoms with Crippen molar-refractivity contribution in [3.63, 3.8) is 0 Å². The molecule has 0 bridgehead atoms. The Labute approximate surface area is 163 Å². The van der Waals surface area contributed by atoms with Gasteiger partial charge in [-0.25, -0.2) is 12.8 Å². The summed E-state index contributed by atoms with van der Waals surface area (Å²) >= 11 is 0. The second kappa shape index (κ2) is 8.10. The van der Waals surface area contributed by atoms with Crippen molar-refractivity contribution >= 4 is 21.8 Å². The molecule has 0 saturated carbocycles. The van der Waals surface area contributed by atoms with Crippen LogP contribution in [0, 0.1) is 5.82 Å². The van der Waals surface area contributed by atoms with Crippen LogP contribution in [0.1, 0.15) is 29.9 Å². The van der Waals surface area contributed by atoms with Gasteiger partial charge >= 0.3 is 0 Å². The second-order valence-corrected chi connectivity index (χ2v) is 8.69. The van der Waals surface area contributed by atoms with Crippen LogP contribution >= 0.6 is 0 Å². The molecular weight excluding hydrogens is 383 g/mol. The number of amides is 2. The van der Waals surface area contributed by atoms with Gasteiger partial charge in [0.15, 0.2) is 0 Å². The maximum absolute atomic E-state index is 13.5. The third-order valence-electron chi connectivity index (χ3n) is 4.74. The van der Waals surface area contributed by atoms with Crippen LogP contribution in [0.15, 0.2) is 54.6 Å². The van der Waals surface area contributed by atoms with Gasteiger partial charge in [-0.2, -0.15) is 0 Å². The highest BCUT2D eigenvalue weighted by atomic mass is 32.2. The fraction of sp³-hybridized carbons (Fsp3) is 0.300. The van der Waals surface area contributed by atoms with E-state index in [0.29, 0.717) is 5.56 Å². The Morgan fingerprint density at radius 1 is 1.18 bits per heavy atom. The molecule has 2 unspecified atom stereocenters. The summed E-state index contributed by atoms with van der Waals surface area (Å²) in [7, 11) is -3.70. The molecule has 2 amide bonds. The number of sulfonamides is 1. The Hall–Kier alpha value is -2.74. The number of likely N-dealkylation sites (tertiary alicyclic amines) is 1. The van der Waals surface area contributed by atoms with E-state index in [-0.39, 0.29) is 31.2 Å². The molecule has 1 heterocycles. The molecule has 1 aliphatic heterocycles. The van der Waals surface area contributed by atoms with E-state index >= 15 is 0 Å². The molecular formula is C20H21FN2O4S. The standard InChI is InChI=1S/C20H21FN2O4S/c1-28(26,27)22-19(24)12-18-17(15-7-3-2-4-8-15)11-20(25)23(18)13-14-6-5-9-16(21)10-14/h2-10,17-18H,11-13H2,1H3,(H,22,24). The number of carbonyl (C=O) groups is 2. The van der Waals surface area contributed by atoms with E-state index in [1.807, 2.05) is 35.1 Å². The molecule has 1 saturated heterocycles. The lowest BCUT2D eigenvalue weighted by Gasteiger charge is -2.28. The summed E-state index contributed by atoms with van der Waals surface area (Å²) in [5.74, 6) is -1.50. The molecule has 3 rings (SSSR count). The van der Waals surface area contributed by atoms with Crippen molar-refractivity contribution in [3.05, 3.63) is 71.5 Å². The van der Waals surface area contributed by atoms with Crippen molar-refractivity contribution in [1.82, 2.24) is 9.62 Å². The lowest BCUT2D eigenvalue weighted by atomic mass is 9.89. The van der Waals surface area contributed by atoms with Crippen LogP contribution in [0.4, 0.5) is 4.39 Å². The van der Waals surface area contributed by atoms with Gasteiger partial charge in [0, 0.05) is 31.3 Å². The molecule has 1 fully saturated rings. The first-order chi connectivity index (χ1) is 13.2. The van der Waals surface area contributed by atoms with Gasteiger partial charge in [0.2, 0.25) is 21.8 Å². The van der Waals surface area contributed by atoms with Crippen LogP contribution < -0.4 is 4.72 Å². The Morgan fingerprint density at radius 3 is 2.54 bits per heavy atom. The zero-order valence-corrected chi connectivity index (χ0v) is 16.2. The monoisotopic (exact) mass is 404 g/mol. The number of nitrogens with zero attached hydrogens (tertiary/aromatic N) is 1. The molecule has 6 nitrogen and oxygen atoms in total. The molecule has 0 aromatic heterocycles. The topological polar surface area (TPSA) is 83.5 Å². The third-order valence-corrected chi connectivity index (χ3v) is 5.34. The Kier molecular flexibility index (Phi) is 5.79. The molecule has 2 aromatic carbocycles. The molecule has 0 aliphatic carbocycles. The van der Waals surface area contributed by atoms with Gasteiger partial charge in [0.25, 0.3) is 0 Å². The predicted molar refractivity (Wildman–Crippen MR) is 102 cm³/mol. The number of hydrogen-bond acceptors (Lipinski definition) is 4. The van der Waals surface area contributed by atoms with E-state index in [2.05, 4.69) is 0 Å². The normalized spacial score (nSPS) is 19.6. The minimum absolute atomic E-state index is 0.150. The highest BCUT2D eigenvalue weighted by molar-refractivity contribution is 7.89. The van der Waals surface area contributed by atoms with Crippen molar-refractivity contribution in [2.75, 3.05) is 6.26 Å². The molecule has 0 radical (unpaired) electrons. The first-order valence-electron chi connectivity index (χ1n) is 8.82. The van der Waals surface area contributed by atoms with Crippen molar-refractivity contribution in [2.45, 2.75) is 31.3 Å². The molecule has 28 heavy (non-hydrogen) atoms. The number of rotatable bonds is 6. The fourth-order valence-corrected chi connectivity index (χ4v) is 4.11. The van der Waals surface area contributed by atoms with Crippen LogP contribution in [-0.4, -0.2) is 37.4 Å². The minimum Gasteiger partial charge on any atom is -0.334 e. The quantitative estimate of drug-likeness (QED) is 0.800. The lowest BCUT2D eigenvalue weighted by molar-refractivity contribution is -0.130. The zero-order chi connectivity index (χ0) is 20.3. The van der Waals surface area contributed by atoms with E-state index in [4.69, 9.17) is 0 Å². The summed E-state index contributed by atoms with van der Waals surface area (Å²) in [6.45, 7) is 0.150. The maximum Gasteiger partial charge on any atom is 0.235 e. The number of hydrogen-bond donors (Lipinski definition) is 1. The average Bonchev–Trinajstić information content (AvgIpc) is 2.90. The number of nitrogens with one attached hydrogen (secondary N) is 1. The van der Waals surface area contributed by atoms with Crippen molar-refractivity contribution in [2.24, 2.45) is 0 Å². The van der Waals surface area contributed by atoms with Gasteiger partial charge in [-0.1, -0.05) is 42.5 Å². The first-order valence-corrected chi connectivity index (χ1v) is 10.7. The maximum atomic E-state index is 13.5. The van der Waals surface area contributed by atoms with Crippen molar-refractivity contribution in [1.29, 1.82) is 0 Å². The van der Waals surface area contributed by atoms with E-state index in [1.165, 1.54) is 17.0 Å². The van der Waals surface area contributed by atoms with Crippen LogP contribution in [0.2, 0.25) is 0 Å². The second-order valence-electron chi connectivity index (χ2n) is 6.94. The van der Waals surface area contributed by atoms with Crippen LogP contribution in [0.5, 0.6) is 0 Å². The highest BCUT2D eigenvalue weighted by Crippen LogP contribution is 2.37. The smallest absolute Gasteiger partial charge is 0.235 e. The largest absolute Gasteiger partial charge is 0.334 e. The Bertz CT molecular complexity index is 979. The predicted octanol–water partition coefficient (Wildman–Crippen LogP) is 2.18. The Balaban J connectivity index is 1.89. The molecule has 0 spiro atoms. The number of halogens is 1. The summed E-state index contributed by atoms with van der Waals surface area (Å²) in [5.41, 5.74) is 1.50. The summed E-state index contributed by atoms with van der Waals surface area (Å²) in [5, 5.41) is 0. The summed E-state index contributed by atoms with van der Waals surface area (Å²) < 4.78 is 38.3. The van der Waals surface area contributed by atoms with E-state index < -0.39 is 27.8 Å². The fourth-order valence-electron chi connectivity index (χ4n) is 3.61. The van der Waals surface area contributed by atoms with Gasteiger partial charge < -0.3 is 4.90 Å². The van der Waals surface area contributed by atoms with Gasteiger partial charge in [-0.3, -0.25) is 14.3 Å². The SMILES string of the molecule is CS(=O)(=O)NC(=O)CC1C(c2ccccc2)CC(=O)N1Cc1cccc(F)c1. The molecule has 8 heteroatoms. The summed E-state index contributed by atoms with van der Waals surface area (Å²) in [6.07, 6.45) is 0.952. The number of carbonyl (C=O) groups excluding carboxylic acids is 2. The molecule has 1 N–H and O–H groups in total.